The summed E-state index contributed by atoms with van der Waals surface area (Å²) in [6, 6.07) is 9.64. The third-order valence-electron chi connectivity index (χ3n) is 4.56. The monoisotopic (exact) mass is 258 g/mol. The summed E-state index contributed by atoms with van der Waals surface area (Å²) in [6.45, 7) is 4.35. The molecule has 2 fully saturated rings. The Morgan fingerprint density at radius 3 is 2.21 bits per heavy atom. The number of anilines is 1. The lowest BCUT2D eigenvalue weighted by molar-refractivity contribution is 0.421. The molecule has 2 saturated carbocycles. The van der Waals surface area contributed by atoms with Crippen molar-refractivity contribution >= 4 is 5.69 Å². The highest BCUT2D eigenvalue weighted by Gasteiger charge is 2.40. The van der Waals surface area contributed by atoms with Crippen LogP contribution < -0.4 is 10.2 Å². The Morgan fingerprint density at radius 1 is 1.11 bits per heavy atom. The maximum atomic E-state index is 3.81. The van der Waals surface area contributed by atoms with Crippen LogP contribution in [0.15, 0.2) is 24.3 Å². The zero-order valence-electron chi connectivity index (χ0n) is 12.2. The molecule has 0 unspecified atom stereocenters. The van der Waals surface area contributed by atoms with E-state index in [4.69, 9.17) is 0 Å². The molecule has 0 heterocycles. The highest BCUT2D eigenvalue weighted by Crippen LogP contribution is 2.44. The number of aryl methyl sites for hydroxylation is 1. The summed E-state index contributed by atoms with van der Waals surface area (Å²) < 4.78 is 0. The number of likely N-dealkylation sites (N-methyl/N-ethyl adjacent to an activating group) is 1. The van der Waals surface area contributed by atoms with Gasteiger partial charge in [0.2, 0.25) is 0 Å². The largest absolute Gasteiger partial charge is 0.373 e. The number of nitrogens with zero attached hydrogens (tertiary/aromatic N) is 1. The van der Waals surface area contributed by atoms with Crippen LogP contribution in [0.2, 0.25) is 0 Å². The number of hydrogen-bond donors (Lipinski definition) is 1. The van der Waals surface area contributed by atoms with Crippen LogP contribution in [0.5, 0.6) is 0 Å². The van der Waals surface area contributed by atoms with Gasteiger partial charge in [-0.25, -0.2) is 0 Å². The van der Waals surface area contributed by atoms with Crippen LogP contribution in [-0.2, 0) is 0 Å². The van der Waals surface area contributed by atoms with Crippen molar-refractivity contribution < 1.29 is 0 Å². The summed E-state index contributed by atoms with van der Waals surface area (Å²) in [5.41, 5.74) is 2.65. The maximum absolute atomic E-state index is 3.81. The molecule has 0 aromatic heterocycles. The minimum atomic E-state index is 0.825. The Kier molecular flexibility index (Phi) is 3.79. The number of nitrogens with one attached hydrogen (secondary N) is 1. The Labute approximate surface area is 117 Å². The predicted octanol–water partition coefficient (Wildman–Crippen LogP) is 3.21. The summed E-state index contributed by atoms with van der Waals surface area (Å²) in [6.07, 6.45) is 5.84. The standard InChI is InChI=1S/C17H26N2/c1-13-3-9-16(10-4-13)19(2)12-11-18-17(14-5-6-14)15-7-8-15/h3-4,9-10,14-15,17-18H,5-8,11-12H2,1-2H3. The van der Waals surface area contributed by atoms with Crippen LogP contribution in [0.1, 0.15) is 31.2 Å². The molecular formula is C17H26N2. The molecule has 2 nitrogen and oxygen atoms in total. The van der Waals surface area contributed by atoms with Gasteiger partial charge in [-0.15, -0.1) is 0 Å². The molecule has 0 saturated heterocycles. The van der Waals surface area contributed by atoms with Gasteiger partial charge in [0, 0.05) is 31.9 Å². The normalized spacial score (nSPS) is 18.9. The van der Waals surface area contributed by atoms with Crippen LogP contribution in [0.25, 0.3) is 0 Å². The minimum Gasteiger partial charge on any atom is -0.373 e. The molecule has 104 valence electrons. The molecule has 1 aromatic carbocycles. The van der Waals surface area contributed by atoms with Crippen LogP contribution in [-0.4, -0.2) is 26.2 Å². The average Bonchev–Trinajstić information content (AvgIpc) is 3.28. The van der Waals surface area contributed by atoms with Gasteiger partial charge >= 0.3 is 0 Å². The third kappa shape index (κ3) is 3.50. The zero-order chi connectivity index (χ0) is 13.2. The molecule has 2 aliphatic rings. The Balaban J connectivity index is 1.44. The molecule has 0 aliphatic heterocycles. The van der Waals surface area contributed by atoms with E-state index in [2.05, 4.69) is 48.5 Å². The molecule has 19 heavy (non-hydrogen) atoms. The second-order valence-corrected chi connectivity index (χ2v) is 6.41. The van der Waals surface area contributed by atoms with Crippen molar-refractivity contribution in [2.24, 2.45) is 11.8 Å². The van der Waals surface area contributed by atoms with Crippen molar-refractivity contribution in [1.82, 2.24) is 5.32 Å². The van der Waals surface area contributed by atoms with E-state index in [1.165, 1.54) is 36.9 Å². The van der Waals surface area contributed by atoms with Gasteiger partial charge in [-0.1, -0.05) is 17.7 Å². The number of hydrogen-bond acceptors (Lipinski definition) is 2. The first kappa shape index (κ1) is 13.0. The molecule has 2 aliphatic carbocycles. The second kappa shape index (κ2) is 5.54. The van der Waals surface area contributed by atoms with Crippen molar-refractivity contribution in [3.05, 3.63) is 29.8 Å². The van der Waals surface area contributed by atoms with E-state index in [1.807, 2.05) is 0 Å². The van der Waals surface area contributed by atoms with Gasteiger partial charge in [-0.2, -0.15) is 0 Å². The van der Waals surface area contributed by atoms with Gasteiger partial charge in [0.1, 0.15) is 0 Å². The average molecular weight is 258 g/mol. The van der Waals surface area contributed by atoms with Gasteiger partial charge < -0.3 is 10.2 Å². The minimum absolute atomic E-state index is 0.825. The summed E-state index contributed by atoms with van der Waals surface area (Å²) in [7, 11) is 2.19. The van der Waals surface area contributed by atoms with Crippen molar-refractivity contribution in [2.45, 2.75) is 38.6 Å². The van der Waals surface area contributed by atoms with Gasteiger partial charge in [-0.05, 0) is 56.6 Å². The van der Waals surface area contributed by atoms with Crippen LogP contribution >= 0.6 is 0 Å². The van der Waals surface area contributed by atoms with E-state index in [1.54, 1.807) is 0 Å². The summed E-state index contributed by atoms with van der Waals surface area (Å²) >= 11 is 0. The lowest BCUT2D eigenvalue weighted by Crippen LogP contribution is -2.38. The fourth-order valence-electron chi connectivity index (χ4n) is 2.96. The third-order valence-corrected chi connectivity index (χ3v) is 4.56. The fraction of sp³-hybridized carbons (Fsp3) is 0.647. The second-order valence-electron chi connectivity index (χ2n) is 6.41. The first-order valence-electron chi connectivity index (χ1n) is 7.75. The Bertz CT molecular complexity index is 392. The van der Waals surface area contributed by atoms with Gasteiger partial charge in [0.25, 0.3) is 0 Å². The first-order valence-corrected chi connectivity index (χ1v) is 7.75. The summed E-state index contributed by atoms with van der Waals surface area (Å²) in [5, 5.41) is 3.81. The van der Waals surface area contributed by atoms with Crippen molar-refractivity contribution in [3.63, 3.8) is 0 Å². The smallest absolute Gasteiger partial charge is 0.0364 e. The van der Waals surface area contributed by atoms with Crippen molar-refractivity contribution in [3.8, 4) is 0 Å². The van der Waals surface area contributed by atoms with E-state index >= 15 is 0 Å². The molecule has 0 radical (unpaired) electrons. The van der Waals surface area contributed by atoms with Gasteiger partial charge in [0.05, 0.1) is 0 Å². The molecular weight excluding hydrogens is 232 g/mol. The lowest BCUT2D eigenvalue weighted by atomic mass is 10.1. The van der Waals surface area contributed by atoms with E-state index in [9.17, 15) is 0 Å². The quantitative estimate of drug-likeness (QED) is 0.808. The first-order chi connectivity index (χ1) is 9.24. The van der Waals surface area contributed by atoms with Gasteiger partial charge in [-0.3, -0.25) is 0 Å². The molecule has 0 bridgehead atoms. The maximum Gasteiger partial charge on any atom is 0.0364 e. The topological polar surface area (TPSA) is 15.3 Å². The molecule has 1 N–H and O–H groups in total. The fourth-order valence-corrected chi connectivity index (χ4v) is 2.96. The van der Waals surface area contributed by atoms with Crippen LogP contribution in [0, 0.1) is 18.8 Å². The van der Waals surface area contributed by atoms with Crippen molar-refractivity contribution in [1.29, 1.82) is 0 Å². The molecule has 3 rings (SSSR count). The Hall–Kier alpha value is -1.02. The zero-order valence-corrected chi connectivity index (χ0v) is 12.2. The SMILES string of the molecule is Cc1ccc(N(C)CCNC(C2CC2)C2CC2)cc1. The molecule has 2 heteroatoms. The van der Waals surface area contributed by atoms with E-state index in [-0.39, 0.29) is 0 Å². The summed E-state index contributed by atoms with van der Waals surface area (Å²) in [4.78, 5) is 2.35. The van der Waals surface area contributed by atoms with Crippen LogP contribution in [0.4, 0.5) is 5.69 Å². The predicted molar refractivity (Wildman–Crippen MR) is 81.7 cm³/mol. The van der Waals surface area contributed by atoms with Crippen molar-refractivity contribution in [2.75, 3.05) is 25.0 Å². The number of benzene rings is 1. The van der Waals surface area contributed by atoms with E-state index < -0.39 is 0 Å². The van der Waals surface area contributed by atoms with Gasteiger partial charge in [0.15, 0.2) is 0 Å². The molecule has 0 amide bonds. The Morgan fingerprint density at radius 2 is 1.68 bits per heavy atom. The lowest BCUT2D eigenvalue weighted by Gasteiger charge is -2.23. The number of rotatable bonds is 7. The van der Waals surface area contributed by atoms with E-state index in [0.717, 1.165) is 31.0 Å². The molecule has 1 aromatic rings. The highest BCUT2D eigenvalue weighted by molar-refractivity contribution is 5.46. The molecule has 0 spiro atoms. The molecule has 0 atom stereocenters. The van der Waals surface area contributed by atoms with Crippen LogP contribution in [0.3, 0.4) is 0 Å². The highest BCUT2D eigenvalue weighted by atomic mass is 15.1. The van der Waals surface area contributed by atoms with E-state index in [0.29, 0.717) is 0 Å². The summed E-state index contributed by atoms with van der Waals surface area (Å²) in [5.74, 6) is 1.99.